The van der Waals surface area contributed by atoms with Gasteiger partial charge in [-0.25, -0.2) is 8.42 Å². The zero-order valence-electron chi connectivity index (χ0n) is 14.8. The highest BCUT2D eigenvalue weighted by Gasteiger charge is 2.43. The van der Waals surface area contributed by atoms with E-state index in [1.165, 1.54) is 0 Å². The predicted molar refractivity (Wildman–Crippen MR) is 97.5 cm³/mol. The zero-order chi connectivity index (χ0) is 17.9. The predicted octanol–water partition coefficient (Wildman–Crippen LogP) is 2.59. The van der Waals surface area contributed by atoms with Crippen molar-refractivity contribution in [2.45, 2.75) is 55.4 Å². The second-order valence-corrected chi connectivity index (χ2v) is 9.63. The summed E-state index contributed by atoms with van der Waals surface area (Å²) in [6.07, 6.45) is 5.85. The number of aryl methyl sites for hydroxylation is 1. The highest BCUT2D eigenvalue weighted by Crippen LogP contribution is 2.30. The largest absolute Gasteiger partial charge is 0.497 e. The number of nitrogens with zero attached hydrogens (tertiary/aromatic N) is 1. The number of hydrogen-bond acceptors (Lipinski definition) is 4. The van der Waals surface area contributed by atoms with Crippen molar-refractivity contribution in [3.63, 3.8) is 0 Å². The lowest BCUT2D eigenvalue weighted by Gasteiger charge is -2.41. The van der Waals surface area contributed by atoms with Gasteiger partial charge in [0.05, 0.1) is 17.6 Å². The maximum atomic E-state index is 12.6. The fourth-order valence-electron chi connectivity index (χ4n) is 3.72. The van der Waals surface area contributed by atoms with Crippen molar-refractivity contribution in [2.75, 3.05) is 20.2 Å². The van der Waals surface area contributed by atoms with Gasteiger partial charge in [-0.1, -0.05) is 31.4 Å². The van der Waals surface area contributed by atoms with Gasteiger partial charge in [0.1, 0.15) is 5.75 Å². The van der Waals surface area contributed by atoms with Crippen LogP contribution in [0.3, 0.4) is 0 Å². The number of methoxy groups -OCH3 is 1. The molecule has 5 nitrogen and oxygen atoms in total. The van der Waals surface area contributed by atoms with Crippen molar-refractivity contribution in [3.8, 4) is 5.75 Å². The molecular weight excluding hydrogens is 338 g/mol. The molecule has 1 aliphatic carbocycles. The molecule has 0 unspecified atom stereocenters. The van der Waals surface area contributed by atoms with Crippen molar-refractivity contribution < 1.29 is 17.9 Å². The van der Waals surface area contributed by atoms with Crippen LogP contribution in [0.2, 0.25) is 0 Å². The highest BCUT2D eigenvalue weighted by molar-refractivity contribution is 7.92. The molecule has 3 rings (SSSR count). The Morgan fingerprint density at radius 2 is 1.72 bits per heavy atom. The zero-order valence-corrected chi connectivity index (χ0v) is 15.6. The molecule has 2 aliphatic rings. The molecule has 1 saturated heterocycles. The number of rotatable bonds is 6. The van der Waals surface area contributed by atoms with Gasteiger partial charge in [-0.15, -0.1) is 0 Å². The van der Waals surface area contributed by atoms with E-state index < -0.39 is 9.84 Å². The van der Waals surface area contributed by atoms with Crippen LogP contribution in [-0.2, 0) is 21.1 Å². The number of amides is 1. The Labute approximate surface area is 150 Å². The molecule has 0 N–H and O–H groups in total. The number of ether oxygens (including phenoxy) is 1. The van der Waals surface area contributed by atoms with Gasteiger partial charge >= 0.3 is 0 Å². The summed E-state index contributed by atoms with van der Waals surface area (Å²) in [4.78, 5) is 14.0. The minimum atomic E-state index is -3.07. The Hall–Kier alpha value is -1.56. The first-order valence-electron chi connectivity index (χ1n) is 9.14. The molecule has 6 heteroatoms. The number of benzene rings is 1. The number of hydrogen-bond donors (Lipinski definition) is 0. The maximum Gasteiger partial charge on any atom is 0.222 e. The van der Waals surface area contributed by atoms with E-state index >= 15 is 0 Å². The summed E-state index contributed by atoms with van der Waals surface area (Å²) in [6.45, 7) is 0.751. The van der Waals surface area contributed by atoms with Crippen molar-refractivity contribution in [2.24, 2.45) is 0 Å². The van der Waals surface area contributed by atoms with E-state index in [0.29, 0.717) is 25.9 Å². The summed E-state index contributed by atoms with van der Waals surface area (Å²) in [6, 6.07) is 7.68. The summed E-state index contributed by atoms with van der Waals surface area (Å²) in [5, 5.41) is -0.525. The molecule has 0 atom stereocenters. The van der Waals surface area contributed by atoms with Crippen LogP contribution in [0.1, 0.15) is 44.1 Å². The van der Waals surface area contributed by atoms with Crippen LogP contribution >= 0.6 is 0 Å². The Morgan fingerprint density at radius 3 is 2.32 bits per heavy atom. The first-order chi connectivity index (χ1) is 12.0. The average molecular weight is 365 g/mol. The Morgan fingerprint density at radius 1 is 1.08 bits per heavy atom. The third-order valence-electron chi connectivity index (χ3n) is 5.47. The lowest BCUT2D eigenvalue weighted by Crippen LogP contribution is -2.58. The molecule has 1 saturated carbocycles. The molecule has 1 heterocycles. The molecule has 1 aromatic carbocycles. The van der Waals surface area contributed by atoms with Crippen LogP contribution in [0.15, 0.2) is 24.3 Å². The Balaban J connectivity index is 1.46. The topological polar surface area (TPSA) is 63.7 Å². The minimum absolute atomic E-state index is 0.0471. The monoisotopic (exact) mass is 365 g/mol. The van der Waals surface area contributed by atoms with Crippen molar-refractivity contribution >= 4 is 15.7 Å². The maximum absolute atomic E-state index is 12.6. The van der Waals surface area contributed by atoms with Crippen LogP contribution in [0.5, 0.6) is 5.75 Å². The van der Waals surface area contributed by atoms with E-state index in [1.54, 1.807) is 12.0 Å². The summed E-state index contributed by atoms with van der Waals surface area (Å²) >= 11 is 0. The minimum Gasteiger partial charge on any atom is -0.497 e. The number of sulfone groups is 1. The fraction of sp³-hybridized carbons (Fsp3) is 0.632. The molecular formula is C19H27NO4S. The van der Waals surface area contributed by atoms with Gasteiger partial charge in [0.25, 0.3) is 0 Å². The van der Waals surface area contributed by atoms with Crippen molar-refractivity contribution in [3.05, 3.63) is 29.8 Å². The van der Waals surface area contributed by atoms with Crippen LogP contribution in [-0.4, -0.2) is 49.9 Å². The Bertz CT molecular complexity index is 687. The number of likely N-dealkylation sites (tertiary alicyclic amines) is 1. The molecule has 0 bridgehead atoms. The van der Waals surface area contributed by atoms with E-state index in [2.05, 4.69) is 0 Å². The van der Waals surface area contributed by atoms with Gasteiger partial charge in [0.2, 0.25) is 5.91 Å². The first-order valence-corrected chi connectivity index (χ1v) is 10.7. The molecule has 0 aromatic heterocycles. The van der Waals surface area contributed by atoms with Gasteiger partial charge < -0.3 is 9.64 Å². The molecule has 0 radical (unpaired) electrons. The third kappa shape index (κ3) is 4.17. The first kappa shape index (κ1) is 18.2. The van der Waals surface area contributed by atoms with Crippen LogP contribution in [0, 0.1) is 0 Å². The summed E-state index contributed by atoms with van der Waals surface area (Å²) < 4.78 is 30.4. The van der Waals surface area contributed by atoms with E-state index in [4.69, 9.17) is 4.74 Å². The van der Waals surface area contributed by atoms with Gasteiger partial charge in [-0.2, -0.15) is 0 Å². The van der Waals surface area contributed by atoms with Gasteiger partial charge in [0, 0.05) is 19.5 Å². The van der Waals surface area contributed by atoms with Gasteiger partial charge in [0.15, 0.2) is 9.84 Å². The Kier molecular flexibility index (Phi) is 5.67. The summed E-state index contributed by atoms with van der Waals surface area (Å²) in [7, 11) is -1.45. The molecule has 1 aliphatic heterocycles. The van der Waals surface area contributed by atoms with Crippen LogP contribution < -0.4 is 4.74 Å². The average Bonchev–Trinajstić information content (AvgIpc) is 2.59. The molecule has 1 aromatic rings. The summed E-state index contributed by atoms with van der Waals surface area (Å²) in [5.74, 6) is 0.847. The lowest BCUT2D eigenvalue weighted by atomic mass is 10.0. The normalized spacial score (nSPS) is 19.5. The second kappa shape index (κ2) is 7.77. The third-order valence-corrected chi connectivity index (χ3v) is 8.10. The standard InChI is InChI=1S/C19H27NO4S/c1-24-16-10-7-15(8-11-16)9-12-19(21)20-13-18(14-20)25(22,23)17-5-3-2-4-6-17/h7-8,10-11,17-18H,2-6,9,12-14H2,1H3. The molecule has 0 spiro atoms. The SMILES string of the molecule is COc1ccc(CCC(=O)N2CC(S(=O)(=O)C3CCCCC3)C2)cc1. The molecule has 1 amide bonds. The van der Waals surface area contributed by atoms with Crippen LogP contribution in [0.25, 0.3) is 0 Å². The smallest absolute Gasteiger partial charge is 0.222 e. The second-order valence-electron chi connectivity index (χ2n) is 7.12. The lowest BCUT2D eigenvalue weighted by molar-refractivity contribution is -0.134. The molecule has 25 heavy (non-hydrogen) atoms. The van der Waals surface area contributed by atoms with E-state index in [1.807, 2.05) is 24.3 Å². The molecule has 2 fully saturated rings. The van der Waals surface area contributed by atoms with Gasteiger partial charge in [-0.3, -0.25) is 4.79 Å². The summed E-state index contributed by atoms with van der Waals surface area (Å²) in [5.41, 5.74) is 1.08. The van der Waals surface area contributed by atoms with Gasteiger partial charge in [-0.05, 0) is 37.0 Å². The number of carbonyl (C=O) groups is 1. The van der Waals surface area contributed by atoms with E-state index in [0.717, 1.165) is 43.4 Å². The fourth-order valence-corrected chi connectivity index (χ4v) is 6.03. The van der Waals surface area contributed by atoms with Crippen LogP contribution in [0.4, 0.5) is 0 Å². The molecule has 138 valence electrons. The van der Waals surface area contributed by atoms with Crippen molar-refractivity contribution in [1.29, 1.82) is 0 Å². The quantitative estimate of drug-likeness (QED) is 0.777. The van der Waals surface area contributed by atoms with E-state index in [9.17, 15) is 13.2 Å². The van der Waals surface area contributed by atoms with E-state index in [-0.39, 0.29) is 16.4 Å². The number of carbonyl (C=O) groups excluding carboxylic acids is 1. The van der Waals surface area contributed by atoms with Crippen molar-refractivity contribution in [1.82, 2.24) is 4.90 Å². The highest BCUT2D eigenvalue weighted by atomic mass is 32.2.